The van der Waals surface area contributed by atoms with Crippen LogP contribution in [0.1, 0.15) is 16.8 Å². The van der Waals surface area contributed by atoms with Crippen molar-refractivity contribution < 1.29 is 4.79 Å². The summed E-state index contributed by atoms with van der Waals surface area (Å²) in [6.07, 6.45) is 6.59. The Kier molecular flexibility index (Phi) is 4.87. The number of rotatable bonds is 6. The predicted molar refractivity (Wildman–Crippen MR) is 88.3 cm³/mol. The lowest BCUT2D eigenvalue weighted by Crippen LogP contribution is -2.47. The first-order valence-corrected chi connectivity index (χ1v) is 7.93. The summed E-state index contributed by atoms with van der Waals surface area (Å²) in [6.45, 7) is 5.65. The molecule has 7 nitrogen and oxygen atoms in total. The maximum atomic E-state index is 11.5. The minimum atomic E-state index is -0.422. The quantitative estimate of drug-likeness (QED) is 0.844. The third-order valence-electron chi connectivity index (χ3n) is 4.14. The first kappa shape index (κ1) is 15.5. The monoisotopic (exact) mass is 314 g/mol. The number of amides is 1. The third kappa shape index (κ3) is 3.87. The Morgan fingerprint density at radius 2 is 1.96 bits per heavy atom. The lowest BCUT2D eigenvalue weighted by molar-refractivity contribution is 0.1000. The number of hydrogen-bond donors (Lipinski definition) is 1. The first-order chi connectivity index (χ1) is 11.2. The molecule has 1 saturated heterocycles. The van der Waals surface area contributed by atoms with E-state index in [9.17, 15) is 4.79 Å². The van der Waals surface area contributed by atoms with Crippen LogP contribution in [0.2, 0.25) is 0 Å². The fourth-order valence-electron chi connectivity index (χ4n) is 2.91. The summed E-state index contributed by atoms with van der Waals surface area (Å²) >= 11 is 0. The van der Waals surface area contributed by atoms with Crippen LogP contribution in [0.3, 0.4) is 0 Å². The maximum absolute atomic E-state index is 11.5. The number of nitrogens with zero attached hydrogens (tertiary/aromatic N) is 5. The summed E-state index contributed by atoms with van der Waals surface area (Å²) < 4.78 is 1.96. The first-order valence-electron chi connectivity index (χ1n) is 7.93. The second-order valence-electron chi connectivity index (χ2n) is 5.69. The van der Waals surface area contributed by atoms with Crippen LogP contribution in [0.25, 0.3) is 0 Å². The highest BCUT2D eigenvalue weighted by molar-refractivity contribution is 5.97. The van der Waals surface area contributed by atoms with Crippen LogP contribution in [0.5, 0.6) is 0 Å². The van der Waals surface area contributed by atoms with E-state index in [2.05, 4.69) is 19.9 Å². The van der Waals surface area contributed by atoms with Gasteiger partial charge in [-0.2, -0.15) is 5.10 Å². The molecule has 122 valence electrons. The molecule has 2 N–H and O–H groups in total. The van der Waals surface area contributed by atoms with E-state index in [0.29, 0.717) is 11.4 Å². The fourth-order valence-corrected chi connectivity index (χ4v) is 2.91. The molecule has 0 aromatic carbocycles. The van der Waals surface area contributed by atoms with Crippen LogP contribution in [-0.4, -0.2) is 58.3 Å². The van der Waals surface area contributed by atoms with Gasteiger partial charge in [-0.05, 0) is 24.6 Å². The number of carbonyl (C=O) groups excluding carboxylic acids is 1. The highest BCUT2D eigenvalue weighted by Crippen LogP contribution is 2.18. The van der Waals surface area contributed by atoms with Gasteiger partial charge in [0.15, 0.2) is 0 Å². The average molecular weight is 314 g/mol. The van der Waals surface area contributed by atoms with Gasteiger partial charge in [-0.3, -0.25) is 14.4 Å². The van der Waals surface area contributed by atoms with Gasteiger partial charge in [-0.15, -0.1) is 0 Å². The third-order valence-corrected chi connectivity index (χ3v) is 4.14. The van der Waals surface area contributed by atoms with E-state index in [1.165, 1.54) is 0 Å². The number of carbonyl (C=O) groups is 1. The van der Waals surface area contributed by atoms with E-state index in [1.54, 1.807) is 18.3 Å². The van der Waals surface area contributed by atoms with Crippen molar-refractivity contribution >= 4 is 11.7 Å². The zero-order chi connectivity index (χ0) is 16.1. The summed E-state index contributed by atoms with van der Waals surface area (Å²) in [7, 11) is 0. The number of hydrogen-bond acceptors (Lipinski definition) is 5. The summed E-state index contributed by atoms with van der Waals surface area (Å²) in [5.41, 5.74) is 5.94. The van der Waals surface area contributed by atoms with Crippen LogP contribution in [0.15, 0.2) is 36.8 Å². The number of piperazine rings is 1. The SMILES string of the molecule is NC(=O)c1cccnc1N1CCN(CCCn2cccn2)CC1. The minimum absolute atomic E-state index is 0.422. The maximum Gasteiger partial charge on any atom is 0.252 e. The molecule has 23 heavy (non-hydrogen) atoms. The molecule has 2 aromatic heterocycles. The average Bonchev–Trinajstić information content (AvgIpc) is 3.09. The number of aromatic nitrogens is 3. The molecular formula is C16H22N6O. The Labute approximate surface area is 135 Å². The topological polar surface area (TPSA) is 80.3 Å². The van der Waals surface area contributed by atoms with Gasteiger partial charge in [0, 0.05) is 57.9 Å². The van der Waals surface area contributed by atoms with Crippen molar-refractivity contribution in [1.82, 2.24) is 19.7 Å². The van der Waals surface area contributed by atoms with Gasteiger partial charge in [0.1, 0.15) is 5.82 Å². The Balaban J connectivity index is 1.49. The summed E-state index contributed by atoms with van der Waals surface area (Å²) in [5.74, 6) is 0.283. The zero-order valence-electron chi connectivity index (χ0n) is 13.1. The Bertz CT molecular complexity index is 634. The Morgan fingerprint density at radius 3 is 2.65 bits per heavy atom. The van der Waals surface area contributed by atoms with Crippen molar-refractivity contribution in [2.24, 2.45) is 5.73 Å². The molecule has 2 aromatic rings. The van der Waals surface area contributed by atoms with Crippen LogP contribution in [0.4, 0.5) is 5.82 Å². The highest BCUT2D eigenvalue weighted by atomic mass is 16.1. The minimum Gasteiger partial charge on any atom is -0.365 e. The van der Waals surface area contributed by atoms with Crippen molar-refractivity contribution in [3.8, 4) is 0 Å². The van der Waals surface area contributed by atoms with Gasteiger partial charge < -0.3 is 10.6 Å². The fraction of sp³-hybridized carbons (Fsp3) is 0.438. The van der Waals surface area contributed by atoms with Crippen molar-refractivity contribution in [3.05, 3.63) is 42.4 Å². The summed E-state index contributed by atoms with van der Waals surface area (Å²) in [4.78, 5) is 20.4. The summed E-state index contributed by atoms with van der Waals surface area (Å²) in [6, 6.07) is 5.43. The number of aryl methyl sites for hydroxylation is 1. The number of nitrogens with two attached hydrogens (primary N) is 1. The Hall–Kier alpha value is -2.41. The molecule has 1 fully saturated rings. The van der Waals surface area contributed by atoms with E-state index >= 15 is 0 Å². The van der Waals surface area contributed by atoms with Gasteiger partial charge in [0.25, 0.3) is 5.91 Å². The van der Waals surface area contributed by atoms with E-state index in [1.807, 2.05) is 23.1 Å². The van der Waals surface area contributed by atoms with Crippen LogP contribution in [-0.2, 0) is 6.54 Å². The summed E-state index contributed by atoms with van der Waals surface area (Å²) in [5, 5.41) is 4.21. The molecule has 0 bridgehead atoms. The molecule has 0 saturated carbocycles. The van der Waals surface area contributed by atoms with Crippen molar-refractivity contribution in [2.45, 2.75) is 13.0 Å². The van der Waals surface area contributed by atoms with Crippen molar-refractivity contribution in [1.29, 1.82) is 0 Å². The second-order valence-corrected chi connectivity index (χ2v) is 5.69. The zero-order valence-corrected chi connectivity index (χ0v) is 13.1. The number of anilines is 1. The molecular weight excluding hydrogens is 292 g/mol. The highest BCUT2D eigenvalue weighted by Gasteiger charge is 2.21. The normalized spacial score (nSPS) is 15.7. The molecule has 1 aliphatic heterocycles. The standard InChI is InChI=1S/C16H22N6O/c17-15(23)14-4-1-5-18-16(14)21-12-10-20(11-13-21)7-3-9-22-8-2-6-19-22/h1-2,4-6,8H,3,7,9-13H2,(H2,17,23). The van der Waals surface area contributed by atoms with Crippen LogP contribution >= 0.6 is 0 Å². The van der Waals surface area contributed by atoms with E-state index in [4.69, 9.17) is 5.73 Å². The van der Waals surface area contributed by atoms with Gasteiger partial charge in [0.05, 0.1) is 5.56 Å². The molecule has 0 radical (unpaired) electrons. The van der Waals surface area contributed by atoms with Crippen LogP contribution in [0, 0.1) is 0 Å². The molecule has 0 unspecified atom stereocenters. The molecule has 0 atom stereocenters. The molecule has 3 rings (SSSR count). The van der Waals surface area contributed by atoms with Gasteiger partial charge in [-0.1, -0.05) is 0 Å². The van der Waals surface area contributed by atoms with E-state index in [-0.39, 0.29) is 0 Å². The Morgan fingerprint density at radius 1 is 1.13 bits per heavy atom. The largest absolute Gasteiger partial charge is 0.365 e. The van der Waals surface area contributed by atoms with Gasteiger partial charge in [-0.25, -0.2) is 4.98 Å². The van der Waals surface area contributed by atoms with Crippen molar-refractivity contribution in [3.63, 3.8) is 0 Å². The molecule has 7 heteroatoms. The number of primary amides is 1. The van der Waals surface area contributed by atoms with Crippen LogP contribution < -0.4 is 10.6 Å². The predicted octanol–water partition coefficient (Wildman–Crippen LogP) is 0.589. The molecule has 3 heterocycles. The number of pyridine rings is 1. The van der Waals surface area contributed by atoms with E-state index in [0.717, 1.165) is 45.7 Å². The molecule has 1 amide bonds. The second kappa shape index (κ2) is 7.23. The van der Waals surface area contributed by atoms with E-state index < -0.39 is 5.91 Å². The van der Waals surface area contributed by atoms with Crippen molar-refractivity contribution in [2.75, 3.05) is 37.6 Å². The lowest BCUT2D eigenvalue weighted by atomic mass is 10.2. The lowest BCUT2D eigenvalue weighted by Gasteiger charge is -2.35. The molecule has 1 aliphatic rings. The molecule has 0 spiro atoms. The van der Waals surface area contributed by atoms with Gasteiger partial charge in [0.2, 0.25) is 0 Å². The van der Waals surface area contributed by atoms with Gasteiger partial charge >= 0.3 is 0 Å². The smallest absolute Gasteiger partial charge is 0.252 e. The molecule has 0 aliphatic carbocycles.